The second-order valence-corrected chi connectivity index (χ2v) is 9.58. The molecule has 0 unspecified atom stereocenters. The van der Waals surface area contributed by atoms with Crippen LogP contribution in [0.5, 0.6) is 0 Å². The van der Waals surface area contributed by atoms with Crippen molar-refractivity contribution < 1.29 is 19.4 Å². The molecule has 32 heavy (non-hydrogen) atoms. The monoisotopic (exact) mass is 441 g/mol. The van der Waals surface area contributed by atoms with Crippen molar-refractivity contribution in [1.29, 1.82) is 0 Å². The molecule has 2 atom stereocenters. The van der Waals surface area contributed by atoms with Gasteiger partial charge in [0.2, 0.25) is 11.8 Å². The number of aliphatic hydroxyl groups excluding tert-OH is 1. The minimum atomic E-state index is -0.441. The van der Waals surface area contributed by atoms with E-state index in [2.05, 4.69) is 24.3 Å². The summed E-state index contributed by atoms with van der Waals surface area (Å²) < 4.78 is 5.41. The zero-order valence-electron chi connectivity index (χ0n) is 19.4. The van der Waals surface area contributed by atoms with Crippen LogP contribution in [0.3, 0.4) is 0 Å². The van der Waals surface area contributed by atoms with E-state index in [0.717, 1.165) is 24.0 Å². The summed E-state index contributed by atoms with van der Waals surface area (Å²) in [5.41, 5.74) is 1.80. The van der Waals surface area contributed by atoms with Crippen LogP contribution in [0, 0.1) is 5.92 Å². The zero-order chi connectivity index (χ0) is 22.9. The van der Waals surface area contributed by atoms with E-state index in [1.807, 2.05) is 47.9 Å². The maximum atomic E-state index is 13.2. The van der Waals surface area contributed by atoms with Gasteiger partial charge in [0, 0.05) is 38.1 Å². The lowest BCUT2D eigenvalue weighted by Crippen LogP contribution is -2.86. The van der Waals surface area contributed by atoms with Gasteiger partial charge in [-0.1, -0.05) is 36.4 Å². The number of benzene rings is 1. The Balaban J connectivity index is 1.58. The summed E-state index contributed by atoms with van der Waals surface area (Å²) in [5, 5.41) is 10.2. The van der Waals surface area contributed by atoms with Crippen molar-refractivity contribution >= 4 is 17.9 Å². The number of carbonyl (C=O) groups is 2. The summed E-state index contributed by atoms with van der Waals surface area (Å²) in [5.74, 6) is 0.207. The van der Waals surface area contributed by atoms with E-state index in [4.69, 9.17) is 4.74 Å². The fourth-order valence-corrected chi connectivity index (χ4v) is 5.73. The molecule has 7 nitrogen and oxygen atoms in total. The largest absolute Gasteiger partial charge is 0.394 e. The third-order valence-electron chi connectivity index (χ3n) is 7.15. The van der Waals surface area contributed by atoms with Crippen LogP contribution in [-0.2, 0) is 14.3 Å². The van der Waals surface area contributed by atoms with Gasteiger partial charge in [0.15, 0.2) is 0 Å². The molecule has 1 N–H and O–H groups in total. The average Bonchev–Trinajstić information content (AvgIpc) is 2.73. The van der Waals surface area contributed by atoms with Gasteiger partial charge in [0.1, 0.15) is 0 Å². The Morgan fingerprint density at radius 1 is 1.19 bits per heavy atom. The molecular weight excluding hydrogens is 406 g/mol. The molecule has 3 saturated heterocycles. The van der Waals surface area contributed by atoms with Crippen molar-refractivity contribution in [2.75, 3.05) is 53.6 Å². The molecule has 0 aromatic heterocycles. The van der Waals surface area contributed by atoms with Crippen LogP contribution in [0.2, 0.25) is 0 Å². The lowest BCUT2D eigenvalue weighted by atomic mass is 9.60. The van der Waals surface area contributed by atoms with E-state index in [1.165, 1.54) is 0 Å². The first-order valence-corrected chi connectivity index (χ1v) is 11.6. The molecule has 3 aliphatic heterocycles. The van der Waals surface area contributed by atoms with Gasteiger partial charge < -0.3 is 24.5 Å². The van der Waals surface area contributed by atoms with Crippen LogP contribution in [0.4, 0.5) is 0 Å². The Morgan fingerprint density at radius 3 is 2.41 bits per heavy atom. The van der Waals surface area contributed by atoms with Crippen molar-refractivity contribution in [2.24, 2.45) is 5.92 Å². The molecule has 3 heterocycles. The van der Waals surface area contributed by atoms with Gasteiger partial charge in [-0.05, 0) is 45.0 Å². The molecule has 0 aliphatic carbocycles. The Hall–Kier alpha value is -2.22. The lowest BCUT2D eigenvalue weighted by Gasteiger charge is -2.70. The number of carbonyl (C=O) groups excluding carboxylic acids is 2. The predicted octanol–water partition coefficient (Wildman–Crippen LogP) is 1.58. The molecule has 1 aromatic carbocycles. The number of aliphatic hydroxyl groups is 1. The minimum absolute atomic E-state index is 0.00834. The molecule has 3 fully saturated rings. The van der Waals surface area contributed by atoms with Gasteiger partial charge in [-0.2, -0.15) is 0 Å². The summed E-state index contributed by atoms with van der Waals surface area (Å²) in [7, 11) is 3.75. The quantitative estimate of drug-likeness (QED) is 0.726. The molecule has 174 valence electrons. The first kappa shape index (κ1) is 23.0. The number of hydrogen-bond acceptors (Lipinski definition) is 5. The summed E-state index contributed by atoms with van der Waals surface area (Å²) in [6.45, 7) is 4.52. The van der Waals surface area contributed by atoms with Gasteiger partial charge in [-0.25, -0.2) is 0 Å². The van der Waals surface area contributed by atoms with Crippen molar-refractivity contribution in [1.82, 2.24) is 14.7 Å². The molecular formula is C25H35N3O4. The Bertz CT molecular complexity index is 854. The van der Waals surface area contributed by atoms with Crippen LogP contribution < -0.4 is 0 Å². The van der Waals surface area contributed by atoms with E-state index in [9.17, 15) is 14.7 Å². The van der Waals surface area contributed by atoms with Crippen LogP contribution in [0.15, 0.2) is 30.3 Å². The number of likely N-dealkylation sites (tertiary alicyclic amines) is 2. The Labute approximate surface area is 190 Å². The molecule has 0 radical (unpaired) electrons. The average molecular weight is 442 g/mol. The smallest absolute Gasteiger partial charge is 0.237 e. The van der Waals surface area contributed by atoms with Crippen molar-refractivity contribution in [3.8, 4) is 0 Å². The molecule has 2 amide bonds. The van der Waals surface area contributed by atoms with Gasteiger partial charge in [-0.15, -0.1) is 0 Å². The SMILES string of the molecule is C/C=C/c1ccc([C@@H]2[C@@H](CO)N(C(=O)CN(C)C)C23CN(C(=O)C2CCOCC2)C3)cc1. The van der Waals surface area contributed by atoms with E-state index < -0.39 is 5.54 Å². The highest BCUT2D eigenvalue weighted by molar-refractivity contribution is 5.84. The summed E-state index contributed by atoms with van der Waals surface area (Å²) >= 11 is 0. The Morgan fingerprint density at radius 2 is 1.84 bits per heavy atom. The molecule has 1 aromatic rings. The first-order valence-electron chi connectivity index (χ1n) is 11.6. The minimum Gasteiger partial charge on any atom is -0.394 e. The topological polar surface area (TPSA) is 73.3 Å². The van der Waals surface area contributed by atoms with Crippen LogP contribution in [-0.4, -0.2) is 96.8 Å². The van der Waals surface area contributed by atoms with Crippen LogP contribution >= 0.6 is 0 Å². The third-order valence-corrected chi connectivity index (χ3v) is 7.15. The molecule has 1 spiro atoms. The zero-order valence-corrected chi connectivity index (χ0v) is 19.4. The second-order valence-electron chi connectivity index (χ2n) is 9.58. The van der Waals surface area contributed by atoms with Crippen molar-refractivity contribution in [2.45, 2.75) is 37.3 Å². The third kappa shape index (κ3) is 3.98. The standard InChI is InChI=1S/C25H35N3O4/c1-4-5-18-6-8-19(9-7-18)23-21(15-29)28(22(30)14-26(2)3)25(23)16-27(17-25)24(31)20-10-12-32-13-11-20/h4-9,20-21,23,29H,10-17H2,1-3H3/b5-4+/t21-,23-/m1/s1. The van der Waals surface area contributed by atoms with Crippen LogP contribution in [0.1, 0.15) is 36.8 Å². The number of rotatable bonds is 6. The number of allylic oxidation sites excluding steroid dienone is 1. The number of hydrogen-bond donors (Lipinski definition) is 1. The van der Waals surface area contributed by atoms with Gasteiger partial charge in [-0.3, -0.25) is 9.59 Å². The second kappa shape index (κ2) is 9.33. The summed E-state index contributed by atoms with van der Waals surface area (Å²) in [6, 6.07) is 8.08. The molecule has 4 rings (SSSR count). The highest BCUT2D eigenvalue weighted by atomic mass is 16.5. The molecule has 3 aliphatic rings. The van der Waals surface area contributed by atoms with Gasteiger partial charge in [0.25, 0.3) is 0 Å². The van der Waals surface area contributed by atoms with Gasteiger partial charge in [0.05, 0.1) is 24.7 Å². The normalized spacial score (nSPS) is 25.3. The maximum absolute atomic E-state index is 13.2. The molecule has 7 heteroatoms. The number of amides is 2. The first-order chi connectivity index (χ1) is 15.4. The van der Waals surface area contributed by atoms with E-state index >= 15 is 0 Å². The fourth-order valence-electron chi connectivity index (χ4n) is 5.73. The summed E-state index contributed by atoms with van der Waals surface area (Å²) in [4.78, 5) is 31.9. The van der Waals surface area contributed by atoms with Crippen molar-refractivity contribution in [3.05, 3.63) is 41.5 Å². The maximum Gasteiger partial charge on any atom is 0.237 e. The highest BCUT2D eigenvalue weighted by Gasteiger charge is 2.68. The molecule has 0 saturated carbocycles. The predicted molar refractivity (Wildman–Crippen MR) is 123 cm³/mol. The molecule has 0 bridgehead atoms. The number of nitrogens with zero attached hydrogens (tertiary/aromatic N) is 3. The van der Waals surface area contributed by atoms with Crippen LogP contribution in [0.25, 0.3) is 6.08 Å². The lowest BCUT2D eigenvalue weighted by molar-refractivity contribution is -0.205. The highest BCUT2D eigenvalue weighted by Crippen LogP contribution is 2.54. The van der Waals surface area contributed by atoms with E-state index in [1.54, 1.807) is 0 Å². The summed E-state index contributed by atoms with van der Waals surface area (Å²) in [6.07, 6.45) is 5.58. The van der Waals surface area contributed by atoms with Crippen molar-refractivity contribution in [3.63, 3.8) is 0 Å². The number of ether oxygens (including phenoxy) is 1. The van der Waals surface area contributed by atoms with Gasteiger partial charge >= 0.3 is 0 Å². The Kier molecular flexibility index (Phi) is 6.70. The fraction of sp³-hybridized carbons (Fsp3) is 0.600. The van der Waals surface area contributed by atoms with E-state index in [0.29, 0.717) is 32.8 Å². The van der Waals surface area contributed by atoms with E-state index in [-0.39, 0.29) is 36.3 Å². The number of likely N-dealkylation sites (N-methyl/N-ethyl adjacent to an activating group) is 1.